The number of rotatable bonds is 3. The summed E-state index contributed by atoms with van der Waals surface area (Å²) in [5.41, 5.74) is 5.62. The highest BCUT2D eigenvalue weighted by Crippen LogP contribution is 2.25. The van der Waals surface area contributed by atoms with Gasteiger partial charge in [0.1, 0.15) is 0 Å². The molecule has 0 heterocycles. The normalized spacial score (nSPS) is 16.7. The van der Waals surface area contributed by atoms with Gasteiger partial charge in [0.05, 0.1) is 0 Å². The molecule has 0 radical (unpaired) electrons. The lowest BCUT2D eigenvalue weighted by atomic mass is 9.87. The molecule has 1 atom stereocenters. The highest BCUT2D eigenvalue weighted by atomic mass is 35.5. The number of hydrogen-bond acceptors (Lipinski definition) is 3. The smallest absolute Gasteiger partial charge is 0.274 e. The Bertz CT molecular complexity index is 686. The van der Waals surface area contributed by atoms with Gasteiger partial charge in [-0.3, -0.25) is 10.0 Å². The Balaban J connectivity index is 1.74. The second kappa shape index (κ2) is 6.38. The van der Waals surface area contributed by atoms with E-state index >= 15 is 0 Å². The van der Waals surface area contributed by atoms with Gasteiger partial charge < -0.3 is 5.32 Å². The van der Waals surface area contributed by atoms with E-state index in [1.54, 1.807) is 11.5 Å². The molecule has 0 spiro atoms. The van der Waals surface area contributed by atoms with E-state index in [0.29, 0.717) is 11.6 Å². The maximum Gasteiger partial charge on any atom is 0.274 e. The van der Waals surface area contributed by atoms with Gasteiger partial charge in [-0.25, -0.2) is 5.48 Å². The molecule has 0 bridgehead atoms. The molecule has 4 nitrogen and oxygen atoms in total. The van der Waals surface area contributed by atoms with Crippen LogP contribution in [0.1, 0.15) is 27.9 Å². The van der Waals surface area contributed by atoms with Crippen molar-refractivity contribution in [3.8, 4) is 0 Å². The van der Waals surface area contributed by atoms with Crippen LogP contribution in [0.3, 0.4) is 0 Å². The number of nitrogens with one attached hydrogen (secondary N) is 2. The summed E-state index contributed by atoms with van der Waals surface area (Å²) in [6.07, 6.45) is 2.87. The van der Waals surface area contributed by atoms with Crippen LogP contribution in [0.2, 0.25) is 5.02 Å². The minimum atomic E-state index is -0.476. The molecule has 1 amide bonds. The summed E-state index contributed by atoms with van der Waals surface area (Å²) >= 11 is 5.90. The lowest BCUT2D eigenvalue weighted by Gasteiger charge is -2.26. The van der Waals surface area contributed by atoms with Gasteiger partial charge in [-0.1, -0.05) is 17.7 Å². The third-order valence-corrected chi connectivity index (χ3v) is 4.27. The molecule has 114 valence electrons. The van der Waals surface area contributed by atoms with E-state index in [2.05, 4.69) is 5.32 Å². The average molecular weight is 317 g/mol. The van der Waals surface area contributed by atoms with Crippen LogP contribution in [0.5, 0.6) is 0 Å². The highest BCUT2D eigenvalue weighted by molar-refractivity contribution is 6.30. The molecule has 2 aromatic rings. The van der Waals surface area contributed by atoms with E-state index < -0.39 is 5.91 Å². The van der Waals surface area contributed by atoms with Crippen LogP contribution in [0.15, 0.2) is 42.5 Å². The van der Waals surface area contributed by atoms with Crippen LogP contribution in [0.4, 0.5) is 5.69 Å². The monoisotopic (exact) mass is 316 g/mol. The molecule has 5 heteroatoms. The molecule has 0 aliphatic heterocycles. The van der Waals surface area contributed by atoms with Gasteiger partial charge in [0.25, 0.3) is 5.91 Å². The Morgan fingerprint density at radius 2 is 1.91 bits per heavy atom. The molecular weight excluding hydrogens is 300 g/mol. The van der Waals surface area contributed by atoms with Gasteiger partial charge >= 0.3 is 0 Å². The molecule has 2 aromatic carbocycles. The standard InChI is InChI=1S/C17H17ClN2O2/c18-14-4-7-15(8-5-14)19-16-6-3-11-1-2-12(17(21)20-22)9-13(11)10-16/h1-2,4-5,7-9,16,19,22H,3,6,10H2,(H,20,21). The Morgan fingerprint density at radius 1 is 1.14 bits per heavy atom. The molecule has 0 saturated carbocycles. The van der Waals surface area contributed by atoms with E-state index in [4.69, 9.17) is 16.8 Å². The van der Waals surface area contributed by atoms with Crippen LogP contribution in [-0.4, -0.2) is 17.2 Å². The third-order valence-electron chi connectivity index (χ3n) is 4.01. The predicted octanol–water partition coefficient (Wildman–Crippen LogP) is 3.43. The first-order valence-corrected chi connectivity index (χ1v) is 7.62. The quantitative estimate of drug-likeness (QED) is 0.600. The first-order valence-electron chi connectivity index (χ1n) is 7.24. The van der Waals surface area contributed by atoms with Gasteiger partial charge in [-0.15, -0.1) is 0 Å². The van der Waals surface area contributed by atoms with Crippen molar-refractivity contribution in [2.75, 3.05) is 5.32 Å². The number of aryl methyl sites for hydroxylation is 1. The number of fused-ring (bicyclic) bond motifs is 1. The van der Waals surface area contributed by atoms with Crippen LogP contribution < -0.4 is 10.8 Å². The number of halogens is 1. The first kappa shape index (κ1) is 14.9. The van der Waals surface area contributed by atoms with Crippen LogP contribution >= 0.6 is 11.6 Å². The van der Waals surface area contributed by atoms with Gasteiger partial charge in [-0.05, 0) is 66.8 Å². The number of benzene rings is 2. The summed E-state index contributed by atoms with van der Waals surface area (Å²) < 4.78 is 0. The fraction of sp³-hybridized carbons (Fsp3) is 0.235. The van der Waals surface area contributed by atoms with Crippen molar-refractivity contribution in [3.63, 3.8) is 0 Å². The Kier molecular flexibility index (Phi) is 4.32. The van der Waals surface area contributed by atoms with E-state index in [1.165, 1.54) is 5.56 Å². The molecule has 0 fully saturated rings. The van der Waals surface area contributed by atoms with Crippen molar-refractivity contribution in [1.29, 1.82) is 0 Å². The number of carbonyl (C=O) groups excluding carboxylic acids is 1. The molecule has 22 heavy (non-hydrogen) atoms. The van der Waals surface area contributed by atoms with E-state index in [1.807, 2.05) is 36.4 Å². The fourth-order valence-corrected chi connectivity index (χ4v) is 2.99. The maximum absolute atomic E-state index is 11.5. The van der Waals surface area contributed by atoms with Crippen molar-refractivity contribution in [1.82, 2.24) is 5.48 Å². The Labute approximate surface area is 134 Å². The molecule has 1 unspecified atom stereocenters. The zero-order valence-corrected chi connectivity index (χ0v) is 12.7. The van der Waals surface area contributed by atoms with Crippen molar-refractivity contribution in [3.05, 3.63) is 64.2 Å². The van der Waals surface area contributed by atoms with Crippen molar-refractivity contribution >= 4 is 23.2 Å². The largest absolute Gasteiger partial charge is 0.382 e. The molecule has 1 aliphatic rings. The van der Waals surface area contributed by atoms with E-state index in [-0.39, 0.29) is 0 Å². The Morgan fingerprint density at radius 3 is 2.64 bits per heavy atom. The summed E-state index contributed by atoms with van der Waals surface area (Å²) in [6.45, 7) is 0. The van der Waals surface area contributed by atoms with Gasteiger partial charge in [0.15, 0.2) is 0 Å². The number of amides is 1. The second-order valence-electron chi connectivity index (χ2n) is 5.52. The number of anilines is 1. The van der Waals surface area contributed by atoms with E-state index in [9.17, 15) is 4.79 Å². The molecular formula is C17H17ClN2O2. The lowest BCUT2D eigenvalue weighted by molar-refractivity contribution is 0.0706. The number of hydrogen-bond donors (Lipinski definition) is 3. The molecule has 1 aliphatic carbocycles. The lowest BCUT2D eigenvalue weighted by Crippen LogP contribution is -2.28. The van der Waals surface area contributed by atoms with Gasteiger partial charge in [-0.2, -0.15) is 0 Å². The summed E-state index contributed by atoms with van der Waals surface area (Å²) in [6, 6.07) is 13.6. The summed E-state index contributed by atoms with van der Waals surface area (Å²) in [7, 11) is 0. The molecule has 3 rings (SSSR count). The number of carbonyl (C=O) groups is 1. The van der Waals surface area contributed by atoms with E-state index in [0.717, 1.165) is 35.5 Å². The maximum atomic E-state index is 11.5. The zero-order chi connectivity index (χ0) is 15.5. The minimum Gasteiger partial charge on any atom is -0.382 e. The Hall–Kier alpha value is -2.04. The second-order valence-corrected chi connectivity index (χ2v) is 5.95. The van der Waals surface area contributed by atoms with Gasteiger partial charge in [0, 0.05) is 22.3 Å². The molecule has 0 aromatic heterocycles. The predicted molar refractivity (Wildman–Crippen MR) is 86.6 cm³/mol. The minimum absolute atomic E-state index is 0.320. The number of hydroxylamine groups is 1. The SMILES string of the molecule is O=C(NO)c1ccc2c(c1)CC(Nc1ccc(Cl)cc1)CC2. The first-order chi connectivity index (χ1) is 10.7. The fourth-order valence-electron chi connectivity index (χ4n) is 2.87. The van der Waals surface area contributed by atoms with Crippen molar-refractivity contribution in [2.45, 2.75) is 25.3 Å². The van der Waals surface area contributed by atoms with Gasteiger partial charge in [0.2, 0.25) is 0 Å². The van der Waals surface area contributed by atoms with Crippen molar-refractivity contribution < 1.29 is 10.0 Å². The van der Waals surface area contributed by atoms with Crippen LogP contribution in [-0.2, 0) is 12.8 Å². The van der Waals surface area contributed by atoms with Crippen LogP contribution in [0.25, 0.3) is 0 Å². The summed E-state index contributed by atoms with van der Waals surface area (Å²) in [5, 5.41) is 13.0. The average Bonchev–Trinajstić information content (AvgIpc) is 2.55. The molecule has 0 saturated heterocycles. The summed E-state index contributed by atoms with van der Waals surface area (Å²) in [4.78, 5) is 11.5. The summed E-state index contributed by atoms with van der Waals surface area (Å²) in [5.74, 6) is -0.476. The zero-order valence-electron chi connectivity index (χ0n) is 12.0. The molecule has 3 N–H and O–H groups in total. The highest BCUT2D eigenvalue weighted by Gasteiger charge is 2.19. The van der Waals surface area contributed by atoms with Crippen molar-refractivity contribution in [2.24, 2.45) is 0 Å². The third kappa shape index (κ3) is 3.24. The van der Waals surface area contributed by atoms with Crippen LogP contribution in [0, 0.1) is 0 Å². The topological polar surface area (TPSA) is 61.4 Å².